The van der Waals surface area contributed by atoms with Crippen LogP contribution in [0.25, 0.3) is 0 Å². The van der Waals surface area contributed by atoms with Gasteiger partial charge in [-0.3, -0.25) is 9.78 Å². The second-order valence-electron chi connectivity index (χ2n) is 3.90. The van der Waals surface area contributed by atoms with Gasteiger partial charge >= 0.3 is 0 Å². The lowest BCUT2D eigenvalue weighted by Crippen LogP contribution is -2.50. The Labute approximate surface area is 101 Å². The highest BCUT2D eigenvalue weighted by molar-refractivity contribution is 5.85. The minimum Gasteiger partial charge on any atom is -0.341 e. The minimum atomic E-state index is 0. The van der Waals surface area contributed by atoms with Crippen molar-refractivity contribution in [1.82, 2.24) is 15.2 Å². The zero-order valence-electron chi connectivity index (χ0n) is 9.22. The van der Waals surface area contributed by atoms with Crippen molar-refractivity contribution in [1.29, 1.82) is 0 Å². The monoisotopic (exact) mass is 241 g/mol. The maximum Gasteiger partial charge on any atom is 0.228 e. The van der Waals surface area contributed by atoms with Gasteiger partial charge in [0.1, 0.15) is 0 Å². The van der Waals surface area contributed by atoms with Gasteiger partial charge in [0, 0.05) is 39.1 Å². The van der Waals surface area contributed by atoms with E-state index in [0.717, 1.165) is 18.7 Å². The Morgan fingerprint density at radius 2 is 2.12 bits per heavy atom. The summed E-state index contributed by atoms with van der Waals surface area (Å²) in [5, 5.41) is 3.10. The molecule has 1 aliphatic heterocycles. The smallest absolute Gasteiger partial charge is 0.228 e. The van der Waals surface area contributed by atoms with E-state index in [-0.39, 0.29) is 24.2 Å². The van der Waals surface area contributed by atoms with Crippen LogP contribution in [0.2, 0.25) is 0 Å². The fourth-order valence-corrected chi connectivity index (χ4v) is 1.61. The van der Waals surface area contributed by atoms with Crippen LogP contribution in [0.3, 0.4) is 0 Å². The van der Waals surface area contributed by atoms with E-state index in [0.29, 0.717) is 6.54 Å². The van der Waals surface area contributed by atoms with Crippen molar-refractivity contribution in [3.05, 3.63) is 30.1 Å². The van der Waals surface area contributed by atoms with Crippen molar-refractivity contribution in [2.24, 2.45) is 5.92 Å². The standard InChI is InChI=1S/C11H15N3O.ClH/c1-14(11(15)10-6-13-7-10)8-9-2-4-12-5-3-9;/h2-5,10,13H,6-8H2,1H3;1H. The number of nitrogens with zero attached hydrogens (tertiary/aromatic N) is 2. The van der Waals surface area contributed by atoms with E-state index in [1.807, 2.05) is 19.2 Å². The molecule has 4 nitrogen and oxygen atoms in total. The van der Waals surface area contributed by atoms with Crippen LogP contribution in [0.15, 0.2) is 24.5 Å². The van der Waals surface area contributed by atoms with Crippen molar-refractivity contribution in [3.63, 3.8) is 0 Å². The third kappa shape index (κ3) is 2.93. The summed E-state index contributed by atoms with van der Waals surface area (Å²) in [5.74, 6) is 0.405. The number of rotatable bonds is 3. The topological polar surface area (TPSA) is 45.2 Å². The Morgan fingerprint density at radius 3 is 2.62 bits per heavy atom. The molecule has 5 heteroatoms. The molecule has 1 aliphatic rings. The maximum absolute atomic E-state index is 11.8. The molecule has 0 aliphatic carbocycles. The van der Waals surface area contributed by atoms with Crippen molar-refractivity contribution in [2.45, 2.75) is 6.54 Å². The summed E-state index contributed by atoms with van der Waals surface area (Å²) in [4.78, 5) is 17.5. The van der Waals surface area contributed by atoms with E-state index in [9.17, 15) is 4.79 Å². The Balaban J connectivity index is 0.00000128. The molecule has 1 aromatic heterocycles. The molecule has 0 spiro atoms. The van der Waals surface area contributed by atoms with E-state index < -0.39 is 0 Å². The third-order valence-corrected chi connectivity index (χ3v) is 2.68. The molecule has 1 aromatic rings. The molecule has 2 heterocycles. The third-order valence-electron chi connectivity index (χ3n) is 2.68. The molecular weight excluding hydrogens is 226 g/mol. The molecule has 0 bridgehead atoms. The lowest BCUT2D eigenvalue weighted by atomic mass is 10.0. The Bertz CT molecular complexity index is 340. The molecule has 16 heavy (non-hydrogen) atoms. The minimum absolute atomic E-state index is 0. The average Bonchev–Trinajstić information content (AvgIpc) is 2.16. The first-order chi connectivity index (χ1) is 7.27. The number of hydrogen-bond donors (Lipinski definition) is 1. The number of halogens is 1. The number of carbonyl (C=O) groups excluding carboxylic acids is 1. The zero-order valence-corrected chi connectivity index (χ0v) is 10.0. The number of nitrogens with one attached hydrogen (secondary N) is 1. The molecule has 0 atom stereocenters. The van der Waals surface area contributed by atoms with E-state index in [2.05, 4.69) is 10.3 Å². The van der Waals surface area contributed by atoms with Crippen molar-refractivity contribution < 1.29 is 4.79 Å². The molecule has 0 aromatic carbocycles. The Hall–Kier alpha value is -1.13. The molecular formula is C11H16ClN3O. The van der Waals surface area contributed by atoms with Crippen LogP contribution in [-0.4, -0.2) is 35.9 Å². The second-order valence-corrected chi connectivity index (χ2v) is 3.90. The summed E-state index contributed by atoms with van der Waals surface area (Å²) in [6.07, 6.45) is 3.50. The molecule has 2 rings (SSSR count). The average molecular weight is 242 g/mol. The van der Waals surface area contributed by atoms with Gasteiger partial charge in [-0.25, -0.2) is 0 Å². The van der Waals surface area contributed by atoms with Crippen LogP contribution in [0.5, 0.6) is 0 Å². The lowest BCUT2D eigenvalue weighted by Gasteiger charge is -2.30. The van der Waals surface area contributed by atoms with Gasteiger partial charge in [0.15, 0.2) is 0 Å². The predicted molar refractivity (Wildman–Crippen MR) is 64.3 cm³/mol. The summed E-state index contributed by atoms with van der Waals surface area (Å²) in [6.45, 7) is 2.30. The van der Waals surface area contributed by atoms with E-state index in [1.165, 1.54) is 0 Å². The molecule has 1 fully saturated rings. The van der Waals surface area contributed by atoms with Crippen molar-refractivity contribution in [3.8, 4) is 0 Å². The number of aromatic nitrogens is 1. The van der Waals surface area contributed by atoms with Crippen LogP contribution >= 0.6 is 12.4 Å². The second kappa shape index (κ2) is 5.82. The Kier molecular flexibility index (Phi) is 4.71. The number of pyridine rings is 1. The van der Waals surface area contributed by atoms with Crippen molar-refractivity contribution >= 4 is 18.3 Å². The van der Waals surface area contributed by atoms with Gasteiger partial charge in [0.05, 0.1) is 5.92 Å². The summed E-state index contributed by atoms with van der Waals surface area (Å²) >= 11 is 0. The van der Waals surface area contributed by atoms with E-state index in [1.54, 1.807) is 17.3 Å². The van der Waals surface area contributed by atoms with Crippen LogP contribution in [-0.2, 0) is 11.3 Å². The zero-order chi connectivity index (χ0) is 10.7. The first-order valence-electron chi connectivity index (χ1n) is 5.12. The molecule has 1 saturated heterocycles. The first kappa shape index (κ1) is 12.9. The quantitative estimate of drug-likeness (QED) is 0.847. The number of amides is 1. The number of carbonyl (C=O) groups is 1. The summed E-state index contributed by atoms with van der Waals surface area (Å²) in [5.41, 5.74) is 1.12. The molecule has 0 saturated carbocycles. The van der Waals surface area contributed by atoms with E-state index in [4.69, 9.17) is 0 Å². The first-order valence-corrected chi connectivity index (χ1v) is 5.12. The van der Waals surface area contributed by atoms with Crippen LogP contribution in [0.1, 0.15) is 5.56 Å². The fraction of sp³-hybridized carbons (Fsp3) is 0.455. The van der Waals surface area contributed by atoms with Gasteiger partial charge in [-0.2, -0.15) is 0 Å². The van der Waals surface area contributed by atoms with Crippen LogP contribution < -0.4 is 5.32 Å². The van der Waals surface area contributed by atoms with Gasteiger partial charge in [-0.05, 0) is 17.7 Å². The highest BCUT2D eigenvalue weighted by atomic mass is 35.5. The largest absolute Gasteiger partial charge is 0.341 e. The number of hydrogen-bond acceptors (Lipinski definition) is 3. The Morgan fingerprint density at radius 1 is 1.50 bits per heavy atom. The SMILES string of the molecule is CN(Cc1ccncc1)C(=O)C1CNC1.Cl. The van der Waals surface area contributed by atoms with Gasteiger partial charge in [0.2, 0.25) is 5.91 Å². The van der Waals surface area contributed by atoms with Gasteiger partial charge in [0.25, 0.3) is 0 Å². The highest BCUT2D eigenvalue weighted by Gasteiger charge is 2.27. The normalized spacial score (nSPS) is 14.8. The highest BCUT2D eigenvalue weighted by Crippen LogP contribution is 2.09. The van der Waals surface area contributed by atoms with E-state index >= 15 is 0 Å². The van der Waals surface area contributed by atoms with Gasteiger partial charge in [-0.15, -0.1) is 12.4 Å². The van der Waals surface area contributed by atoms with Crippen molar-refractivity contribution in [2.75, 3.05) is 20.1 Å². The fourth-order valence-electron chi connectivity index (χ4n) is 1.61. The molecule has 1 N–H and O–H groups in total. The predicted octanol–water partition coefficient (Wildman–Crippen LogP) is 0.681. The summed E-state index contributed by atoms with van der Waals surface area (Å²) < 4.78 is 0. The molecule has 0 radical (unpaired) electrons. The molecule has 0 unspecified atom stereocenters. The maximum atomic E-state index is 11.8. The molecule has 88 valence electrons. The lowest BCUT2D eigenvalue weighted by molar-refractivity contribution is -0.136. The van der Waals surface area contributed by atoms with Crippen LogP contribution in [0.4, 0.5) is 0 Å². The van der Waals surface area contributed by atoms with Crippen LogP contribution in [0, 0.1) is 5.92 Å². The van der Waals surface area contributed by atoms with Gasteiger partial charge < -0.3 is 10.2 Å². The van der Waals surface area contributed by atoms with Gasteiger partial charge in [-0.1, -0.05) is 0 Å². The molecule has 1 amide bonds. The summed E-state index contributed by atoms with van der Waals surface area (Å²) in [7, 11) is 1.85. The summed E-state index contributed by atoms with van der Waals surface area (Å²) in [6, 6.07) is 3.87.